The molecule has 0 aliphatic carbocycles. The van der Waals surface area contributed by atoms with E-state index >= 15 is 0 Å². The Kier molecular flexibility index (Phi) is 4.63. The lowest BCUT2D eigenvalue weighted by Crippen LogP contribution is -2.28. The van der Waals surface area contributed by atoms with E-state index in [1.807, 2.05) is 0 Å². The van der Waals surface area contributed by atoms with E-state index in [4.69, 9.17) is 10.00 Å². The number of aromatic nitrogens is 2. The summed E-state index contributed by atoms with van der Waals surface area (Å²) in [6.45, 7) is 4.68. The van der Waals surface area contributed by atoms with Gasteiger partial charge in [-0.25, -0.2) is 22.2 Å². The van der Waals surface area contributed by atoms with Gasteiger partial charge in [0.1, 0.15) is 39.6 Å². The fourth-order valence-corrected chi connectivity index (χ4v) is 4.03. The summed E-state index contributed by atoms with van der Waals surface area (Å²) in [6.07, 6.45) is 2.69. The van der Waals surface area contributed by atoms with Crippen LogP contribution in [0.15, 0.2) is 35.5 Å². The molecule has 2 heterocycles. The SMILES string of the molecule is COc1cc2ncc(-c3cc(F)c(C#N)c(F)c3)n2cc1S(=O)(=O)C(C)(C)C. The average Bonchev–Trinajstić information content (AvgIpc) is 3.02. The van der Waals surface area contributed by atoms with Crippen LogP contribution in [0.5, 0.6) is 5.75 Å². The Balaban J connectivity index is 2.32. The third-order valence-electron chi connectivity index (χ3n) is 4.34. The van der Waals surface area contributed by atoms with Gasteiger partial charge in [-0.15, -0.1) is 0 Å². The fourth-order valence-electron chi connectivity index (χ4n) is 2.72. The topological polar surface area (TPSA) is 84.5 Å². The van der Waals surface area contributed by atoms with Crippen molar-refractivity contribution in [2.45, 2.75) is 30.4 Å². The highest BCUT2D eigenvalue weighted by molar-refractivity contribution is 7.92. The maximum absolute atomic E-state index is 14.0. The summed E-state index contributed by atoms with van der Waals surface area (Å²) in [5.74, 6) is -1.90. The molecule has 0 amide bonds. The second-order valence-corrected chi connectivity index (χ2v) is 9.79. The Bertz CT molecular complexity index is 1210. The monoisotopic (exact) mass is 405 g/mol. The largest absolute Gasteiger partial charge is 0.495 e. The maximum atomic E-state index is 14.0. The number of fused-ring (bicyclic) bond motifs is 1. The molecule has 0 fully saturated rings. The van der Waals surface area contributed by atoms with Gasteiger partial charge in [-0.1, -0.05) is 0 Å². The molecule has 0 saturated carbocycles. The van der Waals surface area contributed by atoms with Crippen LogP contribution in [-0.2, 0) is 9.84 Å². The standard InChI is InChI=1S/C19H17F2N3O3S/c1-19(2,3)28(25,26)17-10-24-15(9-23-18(24)7-16(17)27-4)11-5-13(20)12(8-22)14(21)6-11/h5-7,9-10H,1-4H3. The Labute approximate surface area is 160 Å². The molecular formula is C19H17F2N3O3S. The number of nitrogens with zero attached hydrogens (tertiary/aromatic N) is 3. The first-order valence-electron chi connectivity index (χ1n) is 8.20. The lowest BCUT2D eigenvalue weighted by molar-refractivity contribution is 0.401. The number of benzene rings is 1. The smallest absolute Gasteiger partial charge is 0.188 e. The van der Waals surface area contributed by atoms with Crippen LogP contribution in [0.3, 0.4) is 0 Å². The van der Waals surface area contributed by atoms with Gasteiger partial charge >= 0.3 is 0 Å². The first-order valence-corrected chi connectivity index (χ1v) is 9.69. The highest BCUT2D eigenvalue weighted by Gasteiger charge is 2.34. The zero-order chi connectivity index (χ0) is 20.9. The molecule has 1 aromatic carbocycles. The summed E-state index contributed by atoms with van der Waals surface area (Å²) >= 11 is 0. The first kappa shape index (κ1) is 19.8. The van der Waals surface area contributed by atoms with Crippen molar-refractivity contribution in [3.63, 3.8) is 0 Å². The zero-order valence-electron chi connectivity index (χ0n) is 15.6. The van der Waals surface area contributed by atoms with E-state index in [2.05, 4.69) is 4.98 Å². The Morgan fingerprint density at radius 2 is 1.79 bits per heavy atom. The molecule has 9 heteroatoms. The van der Waals surface area contributed by atoms with Crippen molar-refractivity contribution in [2.24, 2.45) is 0 Å². The maximum Gasteiger partial charge on any atom is 0.188 e. The van der Waals surface area contributed by atoms with Crippen LogP contribution in [0.4, 0.5) is 8.78 Å². The molecule has 146 valence electrons. The van der Waals surface area contributed by atoms with Crippen LogP contribution >= 0.6 is 0 Å². The second kappa shape index (κ2) is 6.56. The number of hydrogen-bond donors (Lipinski definition) is 0. The molecule has 0 unspecified atom stereocenters. The molecule has 6 nitrogen and oxygen atoms in total. The van der Waals surface area contributed by atoms with Gasteiger partial charge in [-0.05, 0) is 32.9 Å². The number of hydrogen-bond acceptors (Lipinski definition) is 5. The van der Waals surface area contributed by atoms with Gasteiger partial charge in [0.25, 0.3) is 0 Å². The normalized spacial score (nSPS) is 12.2. The Morgan fingerprint density at radius 1 is 1.18 bits per heavy atom. The van der Waals surface area contributed by atoms with Gasteiger partial charge in [0.15, 0.2) is 9.84 Å². The summed E-state index contributed by atoms with van der Waals surface area (Å²) in [5.41, 5.74) is 0.0381. The van der Waals surface area contributed by atoms with Gasteiger partial charge in [0.2, 0.25) is 0 Å². The highest BCUT2D eigenvalue weighted by Crippen LogP contribution is 2.34. The van der Waals surface area contributed by atoms with Gasteiger partial charge in [0, 0.05) is 17.8 Å². The fraction of sp³-hybridized carbons (Fsp3) is 0.263. The van der Waals surface area contributed by atoms with Crippen LogP contribution in [-0.4, -0.2) is 29.7 Å². The lowest BCUT2D eigenvalue weighted by atomic mass is 10.1. The summed E-state index contributed by atoms with van der Waals surface area (Å²) in [7, 11) is -2.43. The predicted octanol–water partition coefficient (Wildman–Crippen LogP) is 3.73. The quantitative estimate of drug-likeness (QED) is 0.663. The van der Waals surface area contributed by atoms with E-state index in [0.717, 1.165) is 12.1 Å². The number of methoxy groups -OCH3 is 1. The molecule has 0 radical (unpaired) electrons. The number of ether oxygens (including phenoxy) is 1. The Morgan fingerprint density at radius 3 is 2.29 bits per heavy atom. The molecule has 0 saturated heterocycles. The summed E-state index contributed by atoms with van der Waals surface area (Å²) < 4.78 is 59.6. The van der Waals surface area contributed by atoms with Crippen molar-refractivity contribution in [2.75, 3.05) is 7.11 Å². The summed E-state index contributed by atoms with van der Waals surface area (Å²) in [5, 5.41) is 8.82. The van der Waals surface area contributed by atoms with Crippen molar-refractivity contribution in [3.8, 4) is 23.1 Å². The first-order chi connectivity index (χ1) is 13.0. The van der Waals surface area contributed by atoms with Gasteiger partial charge in [-0.3, -0.25) is 4.40 Å². The van der Waals surface area contributed by atoms with Crippen molar-refractivity contribution in [1.29, 1.82) is 5.26 Å². The minimum absolute atomic E-state index is 0.0659. The minimum Gasteiger partial charge on any atom is -0.495 e. The number of rotatable bonds is 3. The van der Waals surface area contributed by atoms with Crippen LogP contribution in [0.1, 0.15) is 26.3 Å². The van der Waals surface area contributed by atoms with Crippen LogP contribution in [0.25, 0.3) is 16.9 Å². The molecule has 0 aliphatic rings. The number of pyridine rings is 1. The van der Waals surface area contributed by atoms with E-state index in [1.165, 1.54) is 36.0 Å². The number of nitriles is 1. The molecule has 3 rings (SSSR count). The molecule has 0 atom stereocenters. The van der Waals surface area contributed by atoms with E-state index in [1.54, 1.807) is 20.8 Å². The van der Waals surface area contributed by atoms with Crippen molar-refractivity contribution >= 4 is 15.5 Å². The van der Waals surface area contributed by atoms with Crippen LogP contribution in [0.2, 0.25) is 0 Å². The molecular weight excluding hydrogens is 388 g/mol. The summed E-state index contributed by atoms with van der Waals surface area (Å²) in [4.78, 5) is 4.10. The number of imidazole rings is 1. The number of halogens is 2. The Hall–Kier alpha value is -2.99. The van der Waals surface area contributed by atoms with Crippen LogP contribution in [0, 0.1) is 23.0 Å². The van der Waals surface area contributed by atoms with Crippen molar-refractivity contribution in [1.82, 2.24) is 9.38 Å². The minimum atomic E-state index is -3.78. The van der Waals surface area contributed by atoms with E-state index < -0.39 is 31.8 Å². The molecule has 28 heavy (non-hydrogen) atoms. The zero-order valence-corrected chi connectivity index (χ0v) is 16.4. The van der Waals surface area contributed by atoms with E-state index in [0.29, 0.717) is 5.65 Å². The third-order valence-corrected chi connectivity index (χ3v) is 6.84. The summed E-state index contributed by atoms with van der Waals surface area (Å²) in [6, 6.07) is 4.92. The van der Waals surface area contributed by atoms with Crippen LogP contribution < -0.4 is 4.74 Å². The second-order valence-electron chi connectivity index (χ2n) is 7.12. The van der Waals surface area contributed by atoms with Crippen molar-refractivity contribution in [3.05, 3.63) is 47.8 Å². The van der Waals surface area contributed by atoms with Gasteiger partial charge in [0.05, 0.1) is 23.7 Å². The van der Waals surface area contributed by atoms with E-state index in [9.17, 15) is 17.2 Å². The van der Waals surface area contributed by atoms with Gasteiger partial charge < -0.3 is 4.74 Å². The lowest BCUT2D eigenvalue weighted by Gasteiger charge is -2.21. The third kappa shape index (κ3) is 2.99. The van der Waals surface area contributed by atoms with E-state index in [-0.39, 0.29) is 21.9 Å². The highest BCUT2D eigenvalue weighted by atomic mass is 32.2. The molecule has 3 aromatic rings. The molecule has 2 aromatic heterocycles. The number of sulfone groups is 1. The molecule has 0 spiro atoms. The predicted molar refractivity (Wildman–Crippen MR) is 98.7 cm³/mol. The molecule has 0 bridgehead atoms. The molecule has 0 aliphatic heterocycles. The van der Waals surface area contributed by atoms with Crippen molar-refractivity contribution < 1.29 is 21.9 Å². The molecule has 0 N–H and O–H groups in total. The average molecular weight is 405 g/mol. The van der Waals surface area contributed by atoms with Gasteiger partial charge in [-0.2, -0.15) is 5.26 Å².